The van der Waals surface area contributed by atoms with Crippen molar-refractivity contribution in [3.8, 4) is 0 Å². The fourth-order valence-corrected chi connectivity index (χ4v) is 3.56. The Morgan fingerprint density at radius 3 is 2.57 bits per heavy atom. The molecule has 0 saturated heterocycles. The van der Waals surface area contributed by atoms with Crippen LogP contribution >= 0.6 is 0 Å². The highest BCUT2D eigenvalue weighted by Crippen LogP contribution is 2.23. The summed E-state index contributed by atoms with van der Waals surface area (Å²) >= 11 is 0. The summed E-state index contributed by atoms with van der Waals surface area (Å²) in [6.07, 6.45) is 4.36. The molecule has 1 aliphatic rings. The first kappa shape index (κ1) is 19.9. The van der Waals surface area contributed by atoms with Crippen LogP contribution in [-0.4, -0.2) is 37.0 Å². The SMILES string of the molecule is C[C@H]1CCCC[C@@H]1NC(=O)COC(=O)CNC(=O)c1ccc2ccccc2c1. The van der Waals surface area contributed by atoms with Gasteiger partial charge in [0.2, 0.25) is 0 Å². The number of ether oxygens (including phenoxy) is 1. The van der Waals surface area contributed by atoms with E-state index in [2.05, 4.69) is 17.6 Å². The van der Waals surface area contributed by atoms with Gasteiger partial charge in [-0.05, 0) is 41.7 Å². The first-order chi connectivity index (χ1) is 13.5. The molecule has 2 aromatic rings. The molecule has 148 valence electrons. The number of hydrogen-bond acceptors (Lipinski definition) is 4. The minimum atomic E-state index is -0.638. The number of amides is 2. The molecule has 2 amide bonds. The molecule has 0 aliphatic heterocycles. The topological polar surface area (TPSA) is 84.5 Å². The van der Waals surface area contributed by atoms with Crippen LogP contribution in [-0.2, 0) is 14.3 Å². The van der Waals surface area contributed by atoms with E-state index < -0.39 is 5.97 Å². The zero-order valence-corrected chi connectivity index (χ0v) is 16.1. The van der Waals surface area contributed by atoms with Gasteiger partial charge in [0, 0.05) is 11.6 Å². The van der Waals surface area contributed by atoms with Crippen molar-refractivity contribution in [2.24, 2.45) is 5.92 Å². The third-order valence-corrected chi connectivity index (χ3v) is 5.23. The van der Waals surface area contributed by atoms with E-state index in [1.54, 1.807) is 12.1 Å². The molecule has 0 bridgehead atoms. The standard InChI is InChI=1S/C22H26N2O4/c1-15-6-2-5-9-19(15)24-20(25)14-28-21(26)13-23-22(27)18-11-10-16-7-3-4-8-17(16)12-18/h3-4,7-8,10-12,15,19H,2,5-6,9,13-14H2,1H3,(H,23,27)(H,24,25)/t15-,19-/m0/s1. The average molecular weight is 382 g/mol. The number of benzene rings is 2. The van der Waals surface area contributed by atoms with Crippen molar-refractivity contribution in [2.45, 2.75) is 38.6 Å². The number of fused-ring (bicyclic) bond motifs is 1. The molecule has 0 heterocycles. The van der Waals surface area contributed by atoms with E-state index >= 15 is 0 Å². The van der Waals surface area contributed by atoms with E-state index in [0.717, 1.165) is 30.0 Å². The van der Waals surface area contributed by atoms with Crippen LogP contribution in [0.4, 0.5) is 0 Å². The van der Waals surface area contributed by atoms with Crippen LogP contribution in [0.2, 0.25) is 0 Å². The van der Waals surface area contributed by atoms with Crippen LogP contribution in [0.5, 0.6) is 0 Å². The summed E-state index contributed by atoms with van der Waals surface area (Å²) in [6.45, 7) is 1.52. The van der Waals surface area contributed by atoms with Crippen molar-refractivity contribution < 1.29 is 19.1 Å². The third kappa shape index (κ3) is 5.31. The summed E-state index contributed by atoms with van der Waals surface area (Å²) < 4.78 is 4.97. The Kier molecular flexibility index (Phi) is 6.63. The predicted molar refractivity (Wildman–Crippen MR) is 107 cm³/mol. The van der Waals surface area contributed by atoms with Gasteiger partial charge in [0.05, 0.1) is 0 Å². The minimum absolute atomic E-state index is 0.146. The lowest BCUT2D eigenvalue weighted by Crippen LogP contribution is -2.43. The summed E-state index contributed by atoms with van der Waals surface area (Å²) in [5, 5.41) is 7.45. The lowest BCUT2D eigenvalue weighted by Gasteiger charge is -2.29. The van der Waals surface area contributed by atoms with Gasteiger partial charge in [0.1, 0.15) is 6.54 Å². The third-order valence-electron chi connectivity index (χ3n) is 5.23. The zero-order chi connectivity index (χ0) is 19.9. The van der Waals surface area contributed by atoms with Crippen molar-refractivity contribution in [1.29, 1.82) is 0 Å². The molecule has 2 atom stereocenters. The number of carbonyl (C=O) groups excluding carboxylic acids is 3. The molecule has 28 heavy (non-hydrogen) atoms. The first-order valence-corrected chi connectivity index (χ1v) is 9.75. The molecule has 0 unspecified atom stereocenters. The molecule has 0 aromatic heterocycles. The Balaban J connectivity index is 1.41. The van der Waals surface area contributed by atoms with E-state index in [1.807, 2.05) is 30.3 Å². The van der Waals surface area contributed by atoms with Gasteiger partial charge in [-0.25, -0.2) is 0 Å². The second-order valence-electron chi connectivity index (χ2n) is 7.34. The van der Waals surface area contributed by atoms with Gasteiger partial charge in [0.15, 0.2) is 6.61 Å². The Morgan fingerprint density at radius 1 is 1.04 bits per heavy atom. The smallest absolute Gasteiger partial charge is 0.325 e. The fraction of sp³-hybridized carbons (Fsp3) is 0.409. The summed E-state index contributed by atoms with van der Waals surface area (Å²) in [7, 11) is 0. The molecule has 6 heteroatoms. The van der Waals surface area contributed by atoms with Crippen molar-refractivity contribution in [3.63, 3.8) is 0 Å². The Labute approximate surface area is 164 Å². The number of hydrogen-bond donors (Lipinski definition) is 2. The van der Waals surface area contributed by atoms with Crippen LogP contribution in [0, 0.1) is 5.92 Å². The Bertz CT molecular complexity index is 864. The highest BCUT2D eigenvalue weighted by atomic mass is 16.5. The van der Waals surface area contributed by atoms with E-state index in [1.165, 1.54) is 6.42 Å². The van der Waals surface area contributed by atoms with Crippen molar-refractivity contribution >= 4 is 28.6 Å². The highest BCUT2D eigenvalue weighted by Gasteiger charge is 2.23. The van der Waals surface area contributed by atoms with Crippen LogP contribution < -0.4 is 10.6 Å². The number of nitrogens with one attached hydrogen (secondary N) is 2. The van der Waals surface area contributed by atoms with Gasteiger partial charge in [0.25, 0.3) is 11.8 Å². The largest absolute Gasteiger partial charge is 0.454 e. The lowest BCUT2D eigenvalue weighted by molar-refractivity contribution is -0.147. The molecule has 2 N–H and O–H groups in total. The first-order valence-electron chi connectivity index (χ1n) is 9.75. The molecule has 3 rings (SSSR count). The molecular formula is C22H26N2O4. The highest BCUT2D eigenvalue weighted by molar-refractivity contribution is 5.99. The zero-order valence-electron chi connectivity index (χ0n) is 16.1. The van der Waals surface area contributed by atoms with Crippen molar-refractivity contribution in [1.82, 2.24) is 10.6 Å². The number of esters is 1. The van der Waals surface area contributed by atoms with Crippen LogP contribution in [0.1, 0.15) is 43.0 Å². The fourth-order valence-electron chi connectivity index (χ4n) is 3.56. The van der Waals surface area contributed by atoms with Crippen LogP contribution in [0.25, 0.3) is 10.8 Å². The molecule has 0 spiro atoms. The monoisotopic (exact) mass is 382 g/mol. The van der Waals surface area contributed by atoms with Crippen molar-refractivity contribution in [3.05, 3.63) is 48.0 Å². The Morgan fingerprint density at radius 2 is 1.79 bits per heavy atom. The van der Waals surface area contributed by atoms with E-state index in [-0.39, 0.29) is 31.0 Å². The predicted octanol–water partition coefficient (Wildman–Crippen LogP) is 2.81. The van der Waals surface area contributed by atoms with Gasteiger partial charge < -0.3 is 15.4 Å². The van der Waals surface area contributed by atoms with Crippen LogP contribution in [0.3, 0.4) is 0 Å². The van der Waals surface area contributed by atoms with E-state index in [9.17, 15) is 14.4 Å². The molecule has 2 aromatic carbocycles. The quantitative estimate of drug-likeness (QED) is 0.753. The molecule has 0 radical (unpaired) electrons. The molecule has 1 aliphatic carbocycles. The Hall–Kier alpha value is -2.89. The van der Waals surface area contributed by atoms with Gasteiger partial charge in [-0.15, -0.1) is 0 Å². The maximum absolute atomic E-state index is 12.2. The molecule has 1 saturated carbocycles. The number of carbonyl (C=O) groups is 3. The number of rotatable bonds is 6. The maximum Gasteiger partial charge on any atom is 0.325 e. The second kappa shape index (κ2) is 9.35. The van der Waals surface area contributed by atoms with Crippen molar-refractivity contribution in [2.75, 3.05) is 13.2 Å². The van der Waals surface area contributed by atoms with Gasteiger partial charge >= 0.3 is 5.97 Å². The van der Waals surface area contributed by atoms with E-state index in [0.29, 0.717) is 11.5 Å². The van der Waals surface area contributed by atoms with Gasteiger partial charge in [-0.3, -0.25) is 14.4 Å². The summed E-state index contributed by atoms with van der Waals surface area (Å²) in [4.78, 5) is 36.0. The summed E-state index contributed by atoms with van der Waals surface area (Å²) in [5.74, 6) is -0.855. The van der Waals surface area contributed by atoms with Gasteiger partial charge in [-0.1, -0.05) is 50.1 Å². The van der Waals surface area contributed by atoms with Crippen LogP contribution in [0.15, 0.2) is 42.5 Å². The minimum Gasteiger partial charge on any atom is -0.454 e. The summed E-state index contributed by atoms with van der Waals surface area (Å²) in [5.41, 5.74) is 0.468. The summed E-state index contributed by atoms with van der Waals surface area (Å²) in [6, 6.07) is 13.2. The van der Waals surface area contributed by atoms with E-state index in [4.69, 9.17) is 4.74 Å². The lowest BCUT2D eigenvalue weighted by atomic mass is 9.86. The molecule has 6 nitrogen and oxygen atoms in total. The maximum atomic E-state index is 12.2. The average Bonchev–Trinajstić information content (AvgIpc) is 2.71. The van der Waals surface area contributed by atoms with Gasteiger partial charge in [-0.2, -0.15) is 0 Å². The normalized spacial score (nSPS) is 19.0. The molecule has 1 fully saturated rings. The second-order valence-corrected chi connectivity index (χ2v) is 7.34. The molecular weight excluding hydrogens is 356 g/mol.